The van der Waals surface area contributed by atoms with E-state index < -0.39 is 0 Å². The van der Waals surface area contributed by atoms with Crippen molar-refractivity contribution in [2.75, 3.05) is 0 Å². The molecule has 0 aliphatic heterocycles. The second-order valence-corrected chi connectivity index (χ2v) is 4.10. The number of carbonyl (C=O) groups excluding carboxylic acids is 1. The molecule has 0 amide bonds. The largest absolute Gasteiger partial charge is 0.298 e. The summed E-state index contributed by atoms with van der Waals surface area (Å²) >= 11 is 0. The van der Waals surface area contributed by atoms with Crippen LogP contribution in [-0.4, -0.2) is 6.29 Å². The van der Waals surface area contributed by atoms with E-state index in [0.29, 0.717) is 0 Å². The zero-order valence-electron chi connectivity index (χ0n) is 8.99. The van der Waals surface area contributed by atoms with Crippen molar-refractivity contribution in [3.05, 3.63) is 35.4 Å². The van der Waals surface area contributed by atoms with Crippen LogP contribution in [0.15, 0.2) is 24.3 Å². The second-order valence-electron chi connectivity index (χ2n) is 4.10. The number of carbonyl (C=O) groups is 1. The van der Waals surface area contributed by atoms with Crippen molar-refractivity contribution in [3.8, 4) is 0 Å². The summed E-state index contributed by atoms with van der Waals surface area (Å²) < 4.78 is 0. The van der Waals surface area contributed by atoms with Gasteiger partial charge in [0.05, 0.1) is 0 Å². The van der Waals surface area contributed by atoms with Gasteiger partial charge in [0, 0.05) is 5.56 Å². The molecule has 76 valence electrons. The third-order valence-corrected chi connectivity index (χ3v) is 2.41. The summed E-state index contributed by atoms with van der Waals surface area (Å²) in [5.41, 5.74) is 2.03. The summed E-state index contributed by atoms with van der Waals surface area (Å²) in [7, 11) is 0. The molecule has 0 fully saturated rings. The number of hydrogen-bond donors (Lipinski definition) is 0. The maximum Gasteiger partial charge on any atom is 0.150 e. The summed E-state index contributed by atoms with van der Waals surface area (Å²) in [6.07, 6.45) is 4.37. The van der Waals surface area contributed by atoms with Gasteiger partial charge in [0.2, 0.25) is 0 Å². The van der Waals surface area contributed by atoms with Gasteiger partial charge in [-0.25, -0.2) is 0 Å². The Labute approximate surface area is 86.1 Å². The first-order valence-electron chi connectivity index (χ1n) is 5.27. The number of hydrogen-bond acceptors (Lipinski definition) is 1. The Kier molecular flexibility index (Phi) is 4.37. The minimum Gasteiger partial charge on any atom is -0.298 e. The highest BCUT2D eigenvalue weighted by atomic mass is 16.1. The van der Waals surface area contributed by atoms with Crippen LogP contribution in [0.1, 0.15) is 42.6 Å². The van der Waals surface area contributed by atoms with Crippen LogP contribution >= 0.6 is 0 Å². The van der Waals surface area contributed by atoms with Crippen LogP contribution in [-0.2, 0) is 6.42 Å². The third kappa shape index (κ3) is 3.33. The number of aldehydes is 1. The number of benzene rings is 1. The molecule has 0 atom stereocenters. The topological polar surface area (TPSA) is 17.1 Å². The van der Waals surface area contributed by atoms with Crippen molar-refractivity contribution in [1.82, 2.24) is 0 Å². The first kappa shape index (κ1) is 11.0. The molecule has 0 radical (unpaired) electrons. The Balaban J connectivity index is 2.53. The molecule has 0 aliphatic carbocycles. The minimum atomic E-state index is 0.749. The van der Waals surface area contributed by atoms with Crippen molar-refractivity contribution in [2.45, 2.75) is 33.1 Å². The van der Waals surface area contributed by atoms with Gasteiger partial charge in [-0.15, -0.1) is 0 Å². The van der Waals surface area contributed by atoms with E-state index in [9.17, 15) is 4.79 Å². The molecule has 0 bridgehead atoms. The van der Waals surface area contributed by atoms with Crippen LogP contribution in [0.25, 0.3) is 0 Å². The fraction of sp³-hybridized carbons (Fsp3) is 0.462. The molecular weight excluding hydrogens is 172 g/mol. The average molecular weight is 190 g/mol. The highest BCUT2D eigenvalue weighted by Gasteiger charge is 2.00. The summed E-state index contributed by atoms with van der Waals surface area (Å²) in [5, 5.41) is 0. The van der Waals surface area contributed by atoms with Gasteiger partial charge in [-0.05, 0) is 24.3 Å². The third-order valence-electron chi connectivity index (χ3n) is 2.41. The van der Waals surface area contributed by atoms with E-state index >= 15 is 0 Å². The van der Waals surface area contributed by atoms with Crippen LogP contribution in [0.3, 0.4) is 0 Å². The van der Waals surface area contributed by atoms with Crippen LogP contribution in [0.5, 0.6) is 0 Å². The first-order valence-corrected chi connectivity index (χ1v) is 5.27. The van der Waals surface area contributed by atoms with Gasteiger partial charge >= 0.3 is 0 Å². The lowest BCUT2D eigenvalue weighted by atomic mass is 9.99. The molecule has 1 aromatic rings. The number of aryl methyl sites for hydroxylation is 1. The molecule has 0 saturated heterocycles. The van der Waals surface area contributed by atoms with Gasteiger partial charge in [-0.1, -0.05) is 44.5 Å². The predicted molar refractivity (Wildman–Crippen MR) is 59.6 cm³/mol. The van der Waals surface area contributed by atoms with Crippen molar-refractivity contribution >= 4 is 6.29 Å². The molecule has 14 heavy (non-hydrogen) atoms. The molecule has 0 spiro atoms. The van der Waals surface area contributed by atoms with Crippen molar-refractivity contribution in [1.29, 1.82) is 0 Å². The fourth-order valence-electron chi connectivity index (χ4n) is 1.58. The van der Waals surface area contributed by atoms with Crippen LogP contribution in [0, 0.1) is 5.92 Å². The molecular formula is C13H18O. The summed E-state index contributed by atoms with van der Waals surface area (Å²) in [5.74, 6) is 0.749. The first-order chi connectivity index (χ1) is 6.74. The molecule has 0 N–H and O–H groups in total. The van der Waals surface area contributed by atoms with Crippen LogP contribution in [0.2, 0.25) is 0 Å². The summed E-state index contributed by atoms with van der Waals surface area (Å²) in [6, 6.07) is 7.84. The van der Waals surface area contributed by atoms with Crippen molar-refractivity contribution in [2.24, 2.45) is 5.92 Å². The van der Waals surface area contributed by atoms with E-state index in [-0.39, 0.29) is 0 Å². The van der Waals surface area contributed by atoms with Crippen LogP contribution in [0.4, 0.5) is 0 Å². The molecule has 0 aromatic heterocycles. The van der Waals surface area contributed by atoms with Crippen LogP contribution < -0.4 is 0 Å². The second kappa shape index (κ2) is 5.58. The molecule has 0 saturated carbocycles. The monoisotopic (exact) mass is 190 g/mol. The molecule has 1 nitrogen and oxygen atoms in total. The lowest BCUT2D eigenvalue weighted by Gasteiger charge is -2.06. The Bertz CT molecular complexity index is 289. The van der Waals surface area contributed by atoms with Crippen molar-refractivity contribution in [3.63, 3.8) is 0 Å². The standard InChI is InChI=1S/C13H18O/c1-11(2)6-5-9-12-7-3-4-8-13(12)10-14/h3-4,7-8,10-11H,5-6,9H2,1-2H3. The smallest absolute Gasteiger partial charge is 0.150 e. The Morgan fingerprint density at radius 3 is 2.64 bits per heavy atom. The van der Waals surface area contributed by atoms with Gasteiger partial charge < -0.3 is 0 Å². The molecule has 0 heterocycles. The zero-order valence-corrected chi connectivity index (χ0v) is 8.99. The summed E-state index contributed by atoms with van der Waals surface area (Å²) in [6.45, 7) is 4.46. The average Bonchev–Trinajstić information content (AvgIpc) is 2.18. The van der Waals surface area contributed by atoms with E-state index in [2.05, 4.69) is 13.8 Å². The summed E-state index contributed by atoms with van der Waals surface area (Å²) in [4.78, 5) is 10.7. The quantitative estimate of drug-likeness (QED) is 0.650. The normalized spacial score (nSPS) is 10.5. The van der Waals surface area contributed by atoms with Gasteiger partial charge in [0.25, 0.3) is 0 Å². The SMILES string of the molecule is CC(C)CCCc1ccccc1C=O. The van der Waals surface area contributed by atoms with Gasteiger partial charge in [0.1, 0.15) is 6.29 Å². The zero-order chi connectivity index (χ0) is 10.4. The van der Waals surface area contributed by atoms with E-state index in [4.69, 9.17) is 0 Å². The minimum absolute atomic E-state index is 0.749. The predicted octanol–water partition coefficient (Wildman–Crippen LogP) is 3.48. The molecule has 1 rings (SSSR count). The highest BCUT2D eigenvalue weighted by Crippen LogP contribution is 2.12. The molecule has 0 unspecified atom stereocenters. The van der Waals surface area contributed by atoms with Crippen molar-refractivity contribution < 1.29 is 4.79 Å². The Morgan fingerprint density at radius 2 is 2.00 bits per heavy atom. The number of rotatable bonds is 5. The Morgan fingerprint density at radius 1 is 1.29 bits per heavy atom. The van der Waals surface area contributed by atoms with Gasteiger partial charge in [-0.3, -0.25) is 4.79 Å². The maximum atomic E-state index is 10.7. The Hall–Kier alpha value is -1.11. The molecule has 1 heteroatoms. The lowest BCUT2D eigenvalue weighted by Crippen LogP contribution is -1.94. The maximum absolute atomic E-state index is 10.7. The van der Waals surface area contributed by atoms with E-state index in [1.807, 2.05) is 24.3 Å². The fourth-order valence-corrected chi connectivity index (χ4v) is 1.58. The van der Waals surface area contributed by atoms with E-state index in [1.165, 1.54) is 18.4 Å². The highest BCUT2D eigenvalue weighted by molar-refractivity contribution is 5.77. The van der Waals surface area contributed by atoms with Gasteiger partial charge in [0.15, 0.2) is 0 Å². The van der Waals surface area contributed by atoms with Gasteiger partial charge in [-0.2, -0.15) is 0 Å². The van der Waals surface area contributed by atoms with E-state index in [0.717, 1.165) is 24.2 Å². The van der Waals surface area contributed by atoms with E-state index in [1.54, 1.807) is 0 Å². The molecule has 1 aromatic carbocycles. The molecule has 0 aliphatic rings. The lowest BCUT2D eigenvalue weighted by molar-refractivity contribution is 0.112.